The number of hydrogen-bond acceptors (Lipinski definition) is 9. The Morgan fingerprint density at radius 2 is 1.73 bits per heavy atom. The van der Waals surface area contributed by atoms with E-state index < -0.39 is 5.97 Å². The zero-order valence-electron chi connectivity index (χ0n) is 20.5. The number of carboxylic acids is 1. The van der Waals surface area contributed by atoms with Gasteiger partial charge >= 0.3 is 17.3 Å². The molecular formula is C22H28BrN9O5. The highest BCUT2D eigenvalue weighted by atomic mass is 79.9. The molecule has 1 saturated heterocycles. The van der Waals surface area contributed by atoms with E-state index in [1.54, 1.807) is 10.8 Å². The third-order valence-electron chi connectivity index (χ3n) is 6.15. The lowest BCUT2D eigenvalue weighted by Gasteiger charge is -2.26. The van der Waals surface area contributed by atoms with Crippen molar-refractivity contribution >= 4 is 44.5 Å². The summed E-state index contributed by atoms with van der Waals surface area (Å²) in [6, 6.07) is 0.0382. The van der Waals surface area contributed by atoms with Crippen molar-refractivity contribution in [2.75, 3.05) is 32.8 Å². The number of morpholine rings is 1. The maximum atomic E-state index is 11.9. The number of carboxylic acid groups (broad SMARTS) is 1. The second kappa shape index (κ2) is 11.7. The number of fused-ring (bicyclic) bond motifs is 2. The van der Waals surface area contributed by atoms with Gasteiger partial charge in [-0.3, -0.25) is 24.0 Å². The molecule has 0 amide bonds. The molecule has 0 spiro atoms. The first-order chi connectivity index (χ1) is 17.8. The number of ether oxygens (including phenoxy) is 1. The molecule has 0 saturated carbocycles. The molecule has 1 fully saturated rings. The minimum Gasteiger partial charge on any atom is -0.476 e. The topological polar surface area (TPSA) is 177 Å². The van der Waals surface area contributed by atoms with Gasteiger partial charge in [0.1, 0.15) is 4.60 Å². The molecule has 0 radical (unpaired) electrons. The van der Waals surface area contributed by atoms with Gasteiger partial charge in [0.2, 0.25) is 0 Å². The zero-order valence-corrected chi connectivity index (χ0v) is 22.1. The van der Waals surface area contributed by atoms with Crippen LogP contribution in [-0.4, -0.2) is 87.9 Å². The fourth-order valence-corrected chi connectivity index (χ4v) is 4.44. The van der Waals surface area contributed by atoms with Crippen LogP contribution in [0.15, 0.2) is 26.6 Å². The van der Waals surface area contributed by atoms with Crippen molar-refractivity contribution in [1.82, 2.24) is 43.9 Å². The van der Waals surface area contributed by atoms with Crippen molar-refractivity contribution in [2.24, 2.45) is 0 Å². The number of H-pyrrole nitrogens is 2. The number of nitrogens with zero attached hydrogens (tertiary/aromatic N) is 7. The lowest BCUT2D eigenvalue weighted by Crippen LogP contribution is -2.39. The van der Waals surface area contributed by atoms with Gasteiger partial charge in [-0.2, -0.15) is 0 Å². The Balaban J connectivity index is 0.000000173. The molecule has 1 aliphatic rings. The fourth-order valence-electron chi connectivity index (χ4n) is 4.17. The van der Waals surface area contributed by atoms with Crippen LogP contribution >= 0.6 is 15.9 Å². The van der Waals surface area contributed by atoms with Gasteiger partial charge in [-0.25, -0.2) is 34.3 Å². The summed E-state index contributed by atoms with van der Waals surface area (Å²) in [6.45, 7) is 8.71. The molecule has 1 aliphatic heterocycles. The van der Waals surface area contributed by atoms with Gasteiger partial charge in [0.15, 0.2) is 28.3 Å². The van der Waals surface area contributed by atoms with Crippen molar-refractivity contribution in [3.63, 3.8) is 0 Å². The number of nitrogens with one attached hydrogen (secondary N) is 2. The summed E-state index contributed by atoms with van der Waals surface area (Å²) >= 11 is 3.27. The highest BCUT2D eigenvalue weighted by Crippen LogP contribution is 2.17. The molecule has 0 aromatic carbocycles. The molecule has 14 nitrogen and oxygen atoms in total. The number of carbonyl (C=O) groups is 1. The normalized spacial score (nSPS) is 14.3. The first kappa shape index (κ1) is 26.6. The lowest BCUT2D eigenvalue weighted by molar-refractivity contribution is 0.0364. The Morgan fingerprint density at radius 1 is 1.03 bits per heavy atom. The lowest BCUT2D eigenvalue weighted by atomic mass is 10.2. The van der Waals surface area contributed by atoms with Crippen molar-refractivity contribution in [3.05, 3.63) is 43.7 Å². The largest absolute Gasteiger partial charge is 0.476 e. The maximum absolute atomic E-state index is 11.9. The van der Waals surface area contributed by atoms with E-state index in [0.717, 1.165) is 51.9 Å². The average Bonchev–Trinajstić information content (AvgIpc) is 3.39. The Hall–Kier alpha value is -3.43. The second-order valence-electron chi connectivity index (χ2n) is 8.40. The van der Waals surface area contributed by atoms with E-state index in [1.807, 2.05) is 13.8 Å². The first-order valence-corrected chi connectivity index (χ1v) is 12.7. The van der Waals surface area contributed by atoms with Gasteiger partial charge < -0.3 is 9.84 Å². The molecule has 5 rings (SSSR count). The third-order valence-corrected chi connectivity index (χ3v) is 6.53. The Kier molecular flexibility index (Phi) is 8.45. The minimum atomic E-state index is -1.17. The number of aromatic amines is 2. The summed E-state index contributed by atoms with van der Waals surface area (Å²) in [6.07, 6.45) is 4.33. The Bertz CT molecular complexity index is 1500. The molecule has 15 heteroatoms. The SMILES string of the molecule is CCC(CC)n1c(=O)[nH]c2nc(C(=O)O)cnc21.O=c1[nH]c2ncc(Br)nc2n1CCN1CCOCC1. The minimum absolute atomic E-state index is 0.0382. The average molecular weight is 578 g/mol. The molecule has 0 bridgehead atoms. The Labute approximate surface area is 218 Å². The van der Waals surface area contributed by atoms with Crippen LogP contribution in [0.1, 0.15) is 43.2 Å². The summed E-state index contributed by atoms with van der Waals surface area (Å²) < 4.78 is 9.09. The predicted octanol–water partition coefficient (Wildman–Crippen LogP) is 1.39. The molecule has 3 N–H and O–H groups in total. The van der Waals surface area contributed by atoms with Crippen molar-refractivity contribution in [3.8, 4) is 0 Å². The van der Waals surface area contributed by atoms with Crippen LogP contribution in [0.2, 0.25) is 0 Å². The molecule has 4 aromatic heterocycles. The van der Waals surface area contributed by atoms with Crippen LogP contribution in [0.25, 0.3) is 22.6 Å². The van der Waals surface area contributed by atoms with Crippen LogP contribution in [-0.2, 0) is 11.3 Å². The van der Waals surface area contributed by atoms with E-state index in [4.69, 9.17) is 9.84 Å². The van der Waals surface area contributed by atoms with Crippen LogP contribution in [0, 0.1) is 0 Å². The number of aromatic nitrogens is 8. The van der Waals surface area contributed by atoms with Crippen LogP contribution in [0.3, 0.4) is 0 Å². The van der Waals surface area contributed by atoms with E-state index in [9.17, 15) is 14.4 Å². The highest BCUT2D eigenvalue weighted by molar-refractivity contribution is 9.10. The van der Waals surface area contributed by atoms with E-state index in [0.29, 0.717) is 28.1 Å². The quantitative estimate of drug-likeness (QED) is 0.290. The monoisotopic (exact) mass is 577 g/mol. The first-order valence-electron chi connectivity index (χ1n) is 11.9. The van der Waals surface area contributed by atoms with Crippen LogP contribution in [0.5, 0.6) is 0 Å². The summed E-state index contributed by atoms with van der Waals surface area (Å²) in [5.41, 5.74) is 1.08. The van der Waals surface area contributed by atoms with E-state index in [2.05, 4.69) is 50.7 Å². The van der Waals surface area contributed by atoms with Gasteiger partial charge in [-0.1, -0.05) is 13.8 Å². The van der Waals surface area contributed by atoms with E-state index in [-0.39, 0.29) is 28.8 Å². The standard InChI is InChI=1S/C11H14BrN5O2.C11H14N4O3/c12-8-7-13-9-10(14-8)17(11(18)15-9)2-1-16-3-5-19-6-4-16;1-3-6(4-2)15-9-8(14-11(15)18)13-7(5-12-9)10(16)17/h7H,1-6H2,(H,13,15,18);5-6H,3-4H2,1-2H3,(H,16,17)(H,13,14,18). The summed E-state index contributed by atoms with van der Waals surface area (Å²) in [5, 5.41) is 8.82. The second-order valence-corrected chi connectivity index (χ2v) is 9.22. The van der Waals surface area contributed by atoms with Gasteiger partial charge in [-0.05, 0) is 28.8 Å². The summed E-state index contributed by atoms with van der Waals surface area (Å²) in [5.74, 6) is -1.17. The molecular weight excluding hydrogens is 550 g/mol. The Morgan fingerprint density at radius 3 is 2.41 bits per heavy atom. The molecule has 0 unspecified atom stereocenters. The number of hydrogen-bond donors (Lipinski definition) is 3. The van der Waals surface area contributed by atoms with E-state index in [1.165, 1.54) is 4.57 Å². The fraction of sp³-hybridized carbons (Fsp3) is 0.500. The molecule has 37 heavy (non-hydrogen) atoms. The summed E-state index contributed by atoms with van der Waals surface area (Å²) in [4.78, 5) is 58.4. The van der Waals surface area contributed by atoms with Crippen molar-refractivity contribution < 1.29 is 14.6 Å². The van der Waals surface area contributed by atoms with E-state index >= 15 is 0 Å². The van der Waals surface area contributed by atoms with Gasteiger partial charge in [-0.15, -0.1) is 0 Å². The molecule has 5 heterocycles. The maximum Gasteiger partial charge on any atom is 0.356 e. The van der Waals surface area contributed by atoms with Gasteiger partial charge in [0.05, 0.1) is 25.6 Å². The van der Waals surface area contributed by atoms with Crippen LogP contribution in [0.4, 0.5) is 0 Å². The zero-order chi connectivity index (χ0) is 26.5. The molecule has 0 atom stereocenters. The molecule has 198 valence electrons. The third kappa shape index (κ3) is 5.94. The van der Waals surface area contributed by atoms with Crippen LogP contribution < -0.4 is 11.4 Å². The molecule has 0 aliphatic carbocycles. The smallest absolute Gasteiger partial charge is 0.356 e. The number of rotatable bonds is 7. The number of halogens is 1. The predicted molar refractivity (Wildman–Crippen MR) is 138 cm³/mol. The van der Waals surface area contributed by atoms with Crippen molar-refractivity contribution in [2.45, 2.75) is 39.3 Å². The molecule has 4 aromatic rings. The summed E-state index contributed by atoms with van der Waals surface area (Å²) in [7, 11) is 0. The number of aromatic carboxylic acids is 1. The number of imidazole rings is 2. The van der Waals surface area contributed by atoms with Gasteiger partial charge in [0, 0.05) is 32.2 Å². The van der Waals surface area contributed by atoms with Gasteiger partial charge in [0.25, 0.3) is 0 Å². The highest BCUT2D eigenvalue weighted by Gasteiger charge is 2.18. The van der Waals surface area contributed by atoms with Crippen molar-refractivity contribution in [1.29, 1.82) is 0 Å².